The predicted molar refractivity (Wildman–Crippen MR) is 51.6 cm³/mol. The second-order valence-corrected chi connectivity index (χ2v) is 3.46. The average Bonchev–Trinajstić information content (AvgIpc) is 2.38. The molecule has 2 rings (SSSR count). The number of hydrogen-bond acceptors (Lipinski definition) is 1. The van der Waals surface area contributed by atoms with Crippen molar-refractivity contribution in [3.63, 3.8) is 0 Å². The van der Waals surface area contributed by atoms with Crippen molar-refractivity contribution in [3.8, 4) is 0 Å². The van der Waals surface area contributed by atoms with Gasteiger partial charge < -0.3 is 10.4 Å². The number of nitrogens with zero attached hydrogens (tertiary/aromatic N) is 3. The quantitative estimate of drug-likeness (QED) is 0.625. The molecular formula is C9H14N4. The Balaban J connectivity index is 2.66. The molecule has 0 saturated carbocycles. The predicted octanol–water partition coefficient (Wildman–Crippen LogP) is 0.767. The standard InChI is InChI=1S/C9H14N4/c1-6-5-10-12(4)9-7(2)8(3)11-13(6)9/h5,12H,1-4H3. The molecule has 1 N–H and O–H groups in total. The van der Waals surface area contributed by atoms with Crippen molar-refractivity contribution in [2.45, 2.75) is 20.8 Å². The number of fused-ring (bicyclic) bond motifs is 1. The molecule has 0 aliphatic carbocycles. The molecule has 1 aromatic rings. The second kappa shape index (κ2) is 2.60. The van der Waals surface area contributed by atoms with Gasteiger partial charge in [0.1, 0.15) is 0 Å². The maximum absolute atomic E-state index is 4.45. The maximum atomic E-state index is 4.45. The van der Waals surface area contributed by atoms with Crippen molar-refractivity contribution in [3.05, 3.63) is 22.9 Å². The van der Waals surface area contributed by atoms with Crippen LogP contribution >= 0.6 is 0 Å². The van der Waals surface area contributed by atoms with Gasteiger partial charge >= 0.3 is 0 Å². The smallest absolute Gasteiger partial charge is 0.226 e. The van der Waals surface area contributed by atoms with Gasteiger partial charge in [0, 0.05) is 5.70 Å². The van der Waals surface area contributed by atoms with E-state index in [4.69, 9.17) is 0 Å². The van der Waals surface area contributed by atoms with Gasteiger partial charge in [-0.3, -0.25) is 0 Å². The summed E-state index contributed by atoms with van der Waals surface area (Å²) in [6, 6.07) is 0. The molecule has 2 heterocycles. The Morgan fingerprint density at radius 1 is 1.38 bits per heavy atom. The summed E-state index contributed by atoms with van der Waals surface area (Å²) in [5, 5.41) is 5.49. The maximum Gasteiger partial charge on any atom is 0.226 e. The lowest BCUT2D eigenvalue weighted by Crippen LogP contribution is -3.00. The first kappa shape index (κ1) is 8.31. The summed E-state index contributed by atoms with van der Waals surface area (Å²) >= 11 is 0. The van der Waals surface area contributed by atoms with Gasteiger partial charge in [0.2, 0.25) is 5.82 Å². The van der Waals surface area contributed by atoms with Crippen LogP contribution in [0.1, 0.15) is 18.2 Å². The van der Waals surface area contributed by atoms with Crippen LogP contribution in [-0.4, -0.2) is 16.8 Å². The summed E-state index contributed by atoms with van der Waals surface area (Å²) < 4.78 is 1.97. The van der Waals surface area contributed by atoms with E-state index in [0.29, 0.717) is 0 Å². The number of aromatic nitrogens is 2. The summed E-state index contributed by atoms with van der Waals surface area (Å²) in [6.07, 6.45) is 1.86. The van der Waals surface area contributed by atoms with E-state index in [2.05, 4.69) is 17.4 Å². The van der Waals surface area contributed by atoms with Crippen LogP contribution in [0.5, 0.6) is 0 Å². The van der Waals surface area contributed by atoms with Gasteiger partial charge in [-0.25, -0.2) is 0 Å². The minimum atomic E-state index is 1.05. The van der Waals surface area contributed by atoms with E-state index in [0.717, 1.165) is 22.2 Å². The molecule has 1 aliphatic rings. The van der Waals surface area contributed by atoms with Gasteiger partial charge in [0.15, 0.2) is 0 Å². The van der Waals surface area contributed by atoms with Gasteiger partial charge in [0.25, 0.3) is 0 Å². The molecule has 0 radical (unpaired) electrons. The molecule has 0 saturated heterocycles. The molecule has 1 aromatic heterocycles. The Hall–Kier alpha value is -1.29. The molecule has 0 amide bonds. The van der Waals surface area contributed by atoms with Gasteiger partial charge in [-0.15, -0.1) is 6.20 Å². The third-order valence-electron chi connectivity index (χ3n) is 2.48. The summed E-state index contributed by atoms with van der Waals surface area (Å²) in [4.78, 5) is 0. The number of quaternary nitrogens is 1. The molecule has 1 unspecified atom stereocenters. The largest absolute Gasteiger partial charge is 0.487 e. The highest BCUT2D eigenvalue weighted by atomic mass is 15.6. The second-order valence-electron chi connectivity index (χ2n) is 3.46. The highest BCUT2D eigenvalue weighted by Gasteiger charge is 2.19. The minimum Gasteiger partial charge on any atom is -0.487 e. The van der Waals surface area contributed by atoms with E-state index in [1.54, 1.807) is 0 Å². The van der Waals surface area contributed by atoms with E-state index in [1.165, 1.54) is 5.56 Å². The lowest BCUT2D eigenvalue weighted by atomic mass is 10.2. The molecule has 0 aromatic carbocycles. The zero-order valence-electron chi connectivity index (χ0n) is 8.42. The number of aryl methyl sites for hydroxylation is 1. The number of allylic oxidation sites excluding steroid dienone is 1. The van der Waals surface area contributed by atoms with Crippen LogP contribution < -0.4 is 5.01 Å². The summed E-state index contributed by atoms with van der Waals surface area (Å²) in [5.74, 6) is 1.15. The molecule has 0 spiro atoms. The lowest BCUT2D eigenvalue weighted by Gasteiger charge is -2.30. The number of hydrogen-bond donors (Lipinski definition) is 1. The van der Waals surface area contributed by atoms with Crippen molar-refractivity contribution >= 4 is 11.5 Å². The average molecular weight is 178 g/mol. The van der Waals surface area contributed by atoms with Crippen molar-refractivity contribution in [2.75, 3.05) is 7.05 Å². The van der Waals surface area contributed by atoms with E-state index in [-0.39, 0.29) is 0 Å². The van der Waals surface area contributed by atoms with E-state index >= 15 is 0 Å². The van der Waals surface area contributed by atoms with Crippen LogP contribution in [0.2, 0.25) is 0 Å². The molecule has 0 bridgehead atoms. The zero-order valence-corrected chi connectivity index (χ0v) is 8.42. The van der Waals surface area contributed by atoms with Crippen molar-refractivity contribution in [1.82, 2.24) is 9.78 Å². The molecule has 13 heavy (non-hydrogen) atoms. The SMILES string of the molecule is CC1=C[N-][NH+](C)c2c(C)c(C)nn21. The monoisotopic (exact) mass is 178 g/mol. The van der Waals surface area contributed by atoms with Crippen LogP contribution in [0.15, 0.2) is 6.20 Å². The summed E-state index contributed by atoms with van der Waals surface area (Å²) in [7, 11) is 2.02. The van der Waals surface area contributed by atoms with Crippen LogP contribution in [0.25, 0.3) is 11.1 Å². The topological polar surface area (TPSA) is 36.4 Å². The first-order valence-electron chi connectivity index (χ1n) is 4.39. The van der Waals surface area contributed by atoms with Crippen molar-refractivity contribution in [1.29, 1.82) is 0 Å². The van der Waals surface area contributed by atoms with Gasteiger partial charge in [-0.1, -0.05) is 0 Å². The van der Waals surface area contributed by atoms with Crippen LogP contribution in [0.3, 0.4) is 0 Å². The highest BCUT2D eigenvalue weighted by molar-refractivity contribution is 5.54. The first-order chi connectivity index (χ1) is 6.11. The Morgan fingerprint density at radius 3 is 2.69 bits per heavy atom. The Morgan fingerprint density at radius 2 is 2.08 bits per heavy atom. The van der Waals surface area contributed by atoms with Crippen LogP contribution in [0.4, 0.5) is 5.82 Å². The molecule has 70 valence electrons. The highest BCUT2D eigenvalue weighted by Crippen LogP contribution is 2.21. The van der Waals surface area contributed by atoms with Crippen molar-refractivity contribution < 1.29 is 5.01 Å². The summed E-state index contributed by atoms with van der Waals surface area (Å²) in [5.41, 5.74) is 7.71. The normalized spacial score (nSPS) is 20.6. The van der Waals surface area contributed by atoms with Gasteiger partial charge in [-0.2, -0.15) is 9.78 Å². The fourth-order valence-electron chi connectivity index (χ4n) is 1.59. The first-order valence-corrected chi connectivity index (χ1v) is 4.39. The number of rotatable bonds is 0. The van der Waals surface area contributed by atoms with Crippen LogP contribution in [0, 0.1) is 13.8 Å². The molecule has 0 fully saturated rings. The minimum absolute atomic E-state index is 1.05. The van der Waals surface area contributed by atoms with Crippen LogP contribution in [-0.2, 0) is 0 Å². The van der Waals surface area contributed by atoms with Gasteiger partial charge in [-0.05, 0) is 20.8 Å². The Bertz CT molecular complexity index is 375. The fourth-order valence-corrected chi connectivity index (χ4v) is 1.59. The van der Waals surface area contributed by atoms with Crippen molar-refractivity contribution in [2.24, 2.45) is 0 Å². The third kappa shape index (κ3) is 1.06. The Kier molecular flexibility index (Phi) is 1.66. The molecular weight excluding hydrogens is 164 g/mol. The van der Waals surface area contributed by atoms with Gasteiger partial charge in [0.05, 0.1) is 18.3 Å². The molecule has 4 nitrogen and oxygen atoms in total. The fraction of sp³-hybridized carbons (Fsp3) is 0.444. The zero-order chi connectivity index (χ0) is 9.59. The molecule has 1 atom stereocenters. The molecule has 4 heteroatoms. The number of nitrogens with one attached hydrogen (secondary N) is 1. The van der Waals surface area contributed by atoms with E-state index in [1.807, 2.05) is 31.8 Å². The Labute approximate surface area is 77.8 Å². The summed E-state index contributed by atoms with van der Waals surface area (Å²) in [6.45, 7) is 6.14. The molecule has 1 aliphatic heterocycles. The van der Waals surface area contributed by atoms with E-state index in [9.17, 15) is 0 Å². The lowest BCUT2D eigenvalue weighted by molar-refractivity contribution is -0.769. The van der Waals surface area contributed by atoms with E-state index < -0.39 is 0 Å². The third-order valence-corrected chi connectivity index (χ3v) is 2.48.